The van der Waals surface area contributed by atoms with E-state index in [1.54, 1.807) is 0 Å². The minimum Gasteiger partial charge on any atom is -0.397 e. The highest BCUT2D eigenvalue weighted by Gasteiger charge is 2.21. The predicted molar refractivity (Wildman–Crippen MR) is 88.3 cm³/mol. The first-order valence-corrected chi connectivity index (χ1v) is 8.00. The number of carbonyl (C=O) groups excluding carboxylic acids is 1. The molecule has 1 aliphatic carbocycles. The van der Waals surface area contributed by atoms with Crippen LogP contribution in [0.15, 0.2) is 18.2 Å². The molecule has 21 heavy (non-hydrogen) atoms. The van der Waals surface area contributed by atoms with E-state index in [-0.39, 0.29) is 5.91 Å². The number of amides is 1. The van der Waals surface area contributed by atoms with Crippen molar-refractivity contribution in [1.82, 2.24) is 4.90 Å². The van der Waals surface area contributed by atoms with Gasteiger partial charge in [0.1, 0.15) is 0 Å². The SMILES string of the molecule is CCN(CC(=O)Nc1ccc(C)cc1N)C1CCCCC1. The molecule has 1 saturated carbocycles. The fourth-order valence-electron chi connectivity index (χ4n) is 3.12. The molecule has 1 aromatic rings. The summed E-state index contributed by atoms with van der Waals surface area (Å²) in [6, 6.07) is 6.28. The number of carbonyl (C=O) groups is 1. The van der Waals surface area contributed by atoms with Gasteiger partial charge in [-0.05, 0) is 44.0 Å². The molecule has 0 aromatic heterocycles. The summed E-state index contributed by atoms with van der Waals surface area (Å²) in [6.07, 6.45) is 6.34. The van der Waals surface area contributed by atoms with Gasteiger partial charge in [-0.25, -0.2) is 0 Å². The van der Waals surface area contributed by atoms with Crippen LogP contribution in [0.5, 0.6) is 0 Å². The quantitative estimate of drug-likeness (QED) is 0.819. The minimum absolute atomic E-state index is 0.0259. The molecule has 0 spiro atoms. The second-order valence-corrected chi connectivity index (χ2v) is 5.99. The van der Waals surface area contributed by atoms with E-state index in [1.165, 1.54) is 32.1 Å². The first-order valence-electron chi connectivity index (χ1n) is 8.00. The fourth-order valence-corrected chi connectivity index (χ4v) is 3.12. The van der Waals surface area contributed by atoms with E-state index in [1.807, 2.05) is 25.1 Å². The van der Waals surface area contributed by atoms with Gasteiger partial charge in [-0.1, -0.05) is 32.3 Å². The van der Waals surface area contributed by atoms with E-state index < -0.39 is 0 Å². The van der Waals surface area contributed by atoms with Crippen molar-refractivity contribution in [3.63, 3.8) is 0 Å². The van der Waals surface area contributed by atoms with Crippen LogP contribution in [0, 0.1) is 6.92 Å². The molecule has 1 fully saturated rings. The molecular formula is C17H27N3O. The van der Waals surface area contributed by atoms with Gasteiger partial charge < -0.3 is 11.1 Å². The van der Waals surface area contributed by atoms with Crippen molar-refractivity contribution < 1.29 is 4.79 Å². The van der Waals surface area contributed by atoms with Gasteiger partial charge in [0.15, 0.2) is 0 Å². The van der Waals surface area contributed by atoms with E-state index in [0.717, 1.165) is 12.1 Å². The molecule has 1 aliphatic rings. The van der Waals surface area contributed by atoms with Crippen molar-refractivity contribution in [3.8, 4) is 0 Å². The number of nitrogens with zero attached hydrogens (tertiary/aromatic N) is 1. The first kappa shape index (κ1) is 15.8. The molecule has 4 nitrogen and oxygen atoms in total. The van der Waals surface area contributed by atoms with Crippen LogP contribution in [0.3, 0.4) is 0 Å². The van der Waals surface area contributed by atoms with E-state index in [9.17, 15) is 4.79 Å². The van der Waals surface area contributed by atoms with Crippen LogP contribution in [-0.2, 0) is 4.79 Å². The minimum atomic E-state index is 0.0259. The number of anilines is 2. The Morgan fingerprint density at radius 3 is 2.67 bits per heavy atom. The Labute approximate surface area is 127 Å². The molecular weight excluding hydrogens is 262 g/mol. The molecule has 3 N–H and O–H groups in total. The largest absolute Gasteiger partial charge is 0.397 e. The summed E-state index contributed by atoms with van der Waals surface area (Å²) in [4.78, 5) is 14.5. The summed E-state index contributed by atoms with van der Waals surface area (Å²) < 4.78 is 0. The van der Waals surface area contributed by atoms with Gasteiger partial charge in [-0.3, -0.25) is 9.69 Å². The van der Waals surface area contributed by atoms with Crippen molar-refractivity contribution in [2.75, 3.05) is 24.1 Å². The Bertz CT molecular complexity index is 481. The number of nitrogens with one attached hydrogen (secondary N) is 1. The Morgan fingerprint density at radius 1 is 1.33 bits per heavy atom. The van der Waals surface area contributed by atoms with Crippen LogP contribution in [0.25, 0.3) is 0 Å². The average molecular weight is 289 g/mol. The molecule has 0 saturated heterocycles. The summed E-state index contributed by atoms with van der Waals surface area (Å²) in [6.45, 7) is 5.49. The zero-order valence-corrected chi connectivity index (χ0v) is 13.2. The zero-order chi connectivity index (χ0) is 15.2. The molecule has 0 radical (unpaired) electrons. The maximum atomic E-state index is 12.3. The summed E-state index contributed by atoms with van der Waals surface area (Å²) in [7, 11) is 0. The standard InChI is InChI=1S/C17H27N3O/c1-3-20(14-7-5-4-6-8-14)12-17(21)19-16-10-9-13(2)11-15(16)18/h9-11,14H,3-8,12,18H2,1-2H3,(H,19,21). The van der Waals surface area contributed by atoms with Crippen LogP contribution >= 0.6 is 0 Å². The summed E-state index contributed by atoms with van der Waals surface area (Å²) >= 11 is 0. The van der Waals surface area contributed by atoms with Crippen LogP contribution in [0.1, 0.15) is 44.6 Å². The molecule has 1 aromatic carbocycles. The van der Waals surface area contributed by atoms with Crippen LogP contribution in [0.4, 0.5) is 11.4 Å². The van der Waals surface area contributed by atoms with Gasteiger partial charge in [0.05, 0.1) is 17.9 Å². The number of benzene rings is 1. The predicted octanol–water partition coefficient (Wildman–Crippen LogP) is 3.17. The number of nitrogen functional groups attached to an aromatic ring is 1. The van der Waals surface area contributed by atoms with Gasteiger partial charge in [0, 0.05) is 6.04 Å². The first-order chi connectivity index (χ1) is 10.1. The third-order valence-corrected chi connectivity index (χ3v) is 4.33. The number of likely N-dealkylation sites (N-methyl/N-ethyl adjacent to an activating group) is 1. The van der Waals surface area contributed by atoms with Crippen LogP contribution in [0.2, 0.25) is 0 Å². The lowest BCUT2D eigenvalue weighted by atomic mass is 9.94. The van der Waals surface area contributed by atoms with Gasteiger partial charge in [0.2, 0.25) is 5.91 Å². The number of hydrogen-bond acceptors (Lipinski definition) is 3. The van der Waals surface area contributed by atoms with Crippen molar-refractivity contribution in [2.24, 2.45) is 0 Å². The lowest BCUT2D eigenvalue weighted by molar-refractivity contribution is -0.118. The average Bonchev–Trinajstić information content (AvgIpc) is 2.48. The lowest BCUT2D eigenvalue weighted by Crippen LogP contribution is -2.41. The normalized spacial score (nSPS) is 16.1. The molecule has 1 amide bonds. The molecule has 2 rings (SSSR count). The highest BCUT2D eigenvalue weighted by Crippen LogP contribution is 2.23. The number of rotatable bonds is 5. The molecule has 4 heteroatoms. The van der Waals surface area contributed by atoms with Crippen molar-refractivity contribution in [3.05, 3.63) is 23.8 Å². The second kappa shape index (κ2) is 7.46. The smallest absolute Gasteiger partial charge is 0.238 e. The van der Waals surface area contributed by atoms with Crippen LogP contribution in [-0.4, -0.2) is 29.9 Å². The molecule has 0 atom stereocenters. The van der Waals surface area contributed by atoms with Crippen molar-refractivity contribution in [2.45, 2.75) is 52.0 Å². The lowest BCUT2D eigenvalue weighted by Gasteiger charge is -2.33. The fraction of sp³-hybridized carbons (Fsp3) is 0.588. The Hall–Kier alpha value is -1.55. The number of nitrogens with two attached hydrogens (primary N) is 1. The van der Waals surface area contributed by atoms with Crippen LogP contribution < -0.4 is 11.1 Å². The van der Waals surface area contributed by atoms with E-state index >= 15 is 0 Å². The van der Waals surface area contributed by atoms with E-state index in [0.29, 0.717) is 24.0 Å². The monoisotopic (exact) mass is 289 g/mol. The zero-order valence-electron chi connectivity index (χ0n) is 13.2. The Kier molecular flexibility index (Phi) is 5.62. The topological polar surface area (TPSA) is 58.4 Å². The van der Waals surface area contributed by atoms with Gasteiger partial charge in [-0.2, -0.15) is 0 Å². The van der Waals surface area contributed by atoms with E-state index in [4.69, 9.17) is 5.73 Å². The third-order valence-electron chi connectivity index (χ3n) is 4.33. The van der Waals surface area contributed by atoms with Gasteiger partial charge >= 0.3 is 0 Å². The summed E-state index contributed by atoms with van der Waals surface area (Å²) in [5.74, 6) is 0.0259. The Morgan fingerprint density at radius 2 is 2.05 bits per heavy atom. The third kappa shape index (κ3) is 4.46. The molecule has 116 valence electrons. The second-order valence-electron chi connectivity index (χ2n) is 5.99. The van der Waals surface area contributed by atoms with Gasteiger partial charge in [-0.15, -0.1) is 0 Å². The summed E-state index contributed by atoms with van der Waals surface area (Å²) in [5, 5.41) is 2.94. The van der Waals surface area contributed by atoms with Crippen molar-refractivity contribution >= 4 is 17.3 Å². The molecule has 0 unspecified atom stereocenters. The molecule has 0 aliphatic heterocycles. The highest BCUT2D eigenvalue weighted by molar-refractivity contribution is 5.95. The van der Waals surface area contributed by atoms with Gasteiger partial charge in [0.25, 0.3) is 0 Å². The van der Waals surface area contributed by atoms with E-state index in [2.05, 4.69) is 17.1 Å². The van der Waals surface area contributed by atoms with Crippen molar-refractivity contribution in [1.29, 1.82) is 0 Å². The summed E-state index contributed by atoms with van der Waals surface area (Å²) in [5.41, 5.74) is 8.39. The number of aryl methyl sites for hydroxylation is 1. The molecule has 0 heterocycles. The maximum Gasteiger partial charge on any atom is 0.238 e. The Balaban J connectivity index is 1.92. The maximum absolute atomic E-state index is 12.3. The molecule has 0 bridgehead atoms. The highest BCUT2D eigenvalue weighted by atomic mass is 16.2. The number of hydrogen-bond donors (Lipinski definition) is 2.